The van der Waals surface area contributed by atoms with Crippen LogP contribution in [0.1, 0.15) is 28.4 Å². The van der Waals surface area contributed by atoms with Crippen LogP contribution in [0.3, 0.4) is 0 Å². The summed E-state index contributed by atoms with van der Waals surface area (Å²) in [7, 11) is 0. The van der Waals surface area contributed by atoms with Gasteiger partial charge in [0.25, 0.3) is 0 Å². The zero-order valence-corrected chi connectivity index (χ0v) is 15.0. The van der Waals surface area contributed by atoms with E-state index in [1.165, 1.54) is 12.1 Å². The molecule has 1 atom stereocenters. The van der Waals surface area contributed by atoms with E-state index in [1.54, 1.807) is 18.3 Å². The van der Waals surface area contributed by atoms with E-state index < -0.39 is 11.9 Å². The van der Waals surface area contributed by atoms with Gasteiger partial charge in [-0.05, 0) is 55.7 Å². The zero-order chi connectivity index (χ0) is 18.8. The Labute approximate surface area is 151 Å². The van der Waals surface area contributed by atoms with Crippen LogP contribution >= 0.6 is 0 Å². The van der Waals surface area contributed by atoms with E-state index in [0.29, 0.717) is 11.3 Å². The molecule has 0 aliphatic heterocycles. The first kappa shape index (κ1) is 17.7. The van der Waals surface area contributed by atoms with Gasteiger partial charge in [0, 0.05) is 0 Å². The molecule has 26 heavy (non-hydrogen) atoms. The third kappa shape index (κ3) is 3.44. The Hall–Kier alpha value is -3.15. The fourth-order valence-electron chi connectivity index (χ4n) is 2.87. The molecular weight excluding hydrogens is 331 g/mol. The van der Waals surface area contributed by atoms with Gasteiger partial charge in [0.1, 0.15) is 11.9 Å². The second-order valence-electron chi connectivity index (χ2n) is 6.38. The number of amides is 1. The lowest BCUT2D eigenvalue weighted by molar-refractivity contribution is -0.118. The van der Waals surface area contributed by atoms with Crippen molar-refractivity contribution in [3.8, 4) is 5.69 Å². The Kier molecular flexibility index (Phi) is 4.75. The van der Waals surface area contributed by atoms with Crippen LogP contribution < -0.4 is 11.1 Å². The van der Waals surface area contributed by atoms with Gasteiger partial charge < -0.3 is 11.1 Å². The van der Waals surface area contributed by atoms with Crippen molar-refractivity contribution in [1.82, 2.24) is 9.78 Å². The number of hydrogen-bond acceptors (Lipinski definition) is 3. The molecule has 1 aromatic heterocycles. The molecule has 0 saturated heterocycles. The van der Waals surface area contributed by atoms with Gasteiger partial charge in [0.15, 0.2) is 0 Å². The molecule has 1 heterocycles. The number of benzene rings is 2. The van der Waals surface area contributed by atoms with Crippen molar-refractivity contribution in [2.45, 2.75) is 26.8 Å². The Morgan fingerprint density at radius 1 is 1.15 bits per heavy atom. The Morgan fingerprint density at radius 2 is 1.85 bits per heavy atom. The lowest BCUT2D eigenvalue weighted by Gasteiger charge is -2.17. The molecule has 0 bridgehead atoms. The number of aryl methyl sites for hydroxylation is 2. The van der Waals surface area contributed by atoms with E-state index in [-0.39, 0.29) is 5.82 Å². The highest BCUT2D eigenvalue weighted by molar-refractivity contribution is 5.84. The topological polar surface area (TPSA) is 72.9 Å². The third-order valence-corrected chi connectivity index (χ3v) is 4.39. The summed E-state index contributed by atoms with van der Waals surface area (Å²) in [6.07, 6.45) is 1.66. The lowest BCUT2D eigenvalue weighted by Crippen LogP contribution is -2.27. The molecule has 0 fully saturated rings. The highest BCUT2D eigenvalue weighted by Gasteiger charge is 2.20. The van der Waals surface area contributed by atoms with Crippen LogP contribution in [0.25, 0.3) is 5.69 Å². The first-order valence-electron chi connectivity index (χ1n) is 8.30. The average Bonchev–Trinajstić information content (AvgIpc) is 2.96. The van der Waals surface area contributed by atoms with E-state index in [9.17, 15) is 9.18 Å². The normalized spacial score (nSPS) is 12.0. The van der Waals surface area contributed by atoms with Gasteiger partial charge in [0.05, 0.1) is 23.3 Å². The lowest BCUT2D eigenvalue weighted by atomic mass is 10.1. The van der Waals surface area contributed by atoms with Gasteiger partial charge in [-0.3, -0.25) is 4.79 Å². The minimum absolute atomic E-state index is 0.365. The number of nitrogens with one attached hydrogen (secondary N) is 1. The molecule has 2 aromatic carbocycles. The summed E-state index contributed by atoms with van der Waals surface area (Å²) in [5, 5.41) is 7.58. The van der Waals surface area contributed by atoms with Crippen LogP contribution in [0.15, 0.2) is 48.7 Å². The number of hydrogen-bond donors (Lipinski definition) is 2. The highest BCUT2D eigenvalue weighted by Crippen LogP contribution is 2.25. The van der Waals surface area contributed by atoms with Gasteiger partial charge in [-0.1, -0.05) is 24.3 Å². The maximum absolute atomic E-state index is 13.2. The SMILES string of the molecule is Cc1ccc(C)c(-n2ncc(N[C@H](C(N)=O)c3ccc(F)cc3)c2C)c1. The second-order valence-corrected chi connectivity index (χ2v) is 6.38. The summed E-state index contributed by atoms with van der Waals surface area (Å²) < 4.78 is 15.0. The molecule has 0 saturated carbocycles. The van der Waals surface area contributed by atoms with Gasteiger partial charge in [0.2, 0.25) is 5.91 Å². The summed E-state index contributed by atoms with van der Waals surface area (Å²) in [5.41, 5.74) is 10.9. The molecule has 1 amide bonds. The summed E-state index contributed by atoms with van der Waals surface area (Å²) >= 11 is 0. The fourth-order valence-corrected chi connectivity index (χ4v) is 2.87. The van der Waals surface area contributed by atoms with Crippen LogP contribution in [0.5, 0.6) is 0 Å². The third-order valence-electron chi connectivity index (χ3n) is 4.39. The Balaban J connectivity index is 1.95. The fraction of sp³-hybridized carbons (Fsp3) is 0.200. The van der Waals surface area contributed by atoms with Crippen molar-refractivity contribution >= 4 is 11.6 Å². The number of anilines is 1. The minimum Gasteiger partial charge on any atom is -0.368 e. The van der Waals surface area contributed by atoms with E-state index in [2.05, 4.69) is 22.5 Å². The predicted molar refractivity (Wildman–Crippen MR) is 99.7 cm³/mol. The van der Waals surface area contributed by atoms with Crippen LogP contribution in [-0.2, 0) is 4.79 Å². The van der Waals surface area contributed by atoms with Crippen LogP contribution in [0.2, 0.25) is 0 Å². The Morgan fingerprint density at radius 3 is 2.50 bits per heavy atom. The number of aromatic nitrogens is 2. The molecule has 3 rings (SSSR count). The largest absolute Gasteiger partial charge is 0.368 e. The van der Waals surface area contributed by atoms with Gasteiger partial charge >= 0.3 is 0 Å². The van der Waals surface area contributed by atoms with Crippen molar-refractivity contribution in [2.75, 3.05) is 5.32 Å². The minimum atomic E-state index is -0.773. The van der Waals surface area contributed by atoms with E-state index >= 15 is 0 Å². The molecule has 134 valence electrons. The van der Waals surface area contributed by atoms with Crippen molar-refractivity contribution in [3.63, 3.8) is 0 Å². The molecule has 5 nitrogen and oxygen atoms in total. The standard InChI is InChI=1S/C20H21FN4O/c1-12-4-5-13(2)18(10-12)25-14(3)17(11-23-25)24-19(20(22)26)15-6-8-16(21)9-7-15/h4-11,19,24H,1-3H3,(H2,22,26)/t19-/m0/s1. The molecule has 3 aromatic rings. The molecule has 0 aliphatic rings. The molecule has 3 N–H and O–H groups in total. The maximum Gasteiger partial charge on any atom is 0.244 e. The number of nitrogens with zero attached hydrogens (tertiary/aromatic N) is 2. The number of halogens is 1. The van der Waals surface area contributed by atoms with Crippen molar-refractivity contribution < 1.29 is 9.18 Å². The second kappa shape index (κ2) is 7.00. The van der Waals surface area contributed by atoms with Crippen molar-refractivity contribution in [2.24, 2.45) is 5.73 Å². The highest BCUT2D eigenvalue weighted by atomic mass is 19.1. The first-order valence-corrected chi connectivity index (χ1v) is 8.30. The molecule has 0 unspecified atom stereocenters. The predicted octanol–water partition coefficient (Wildman–Crippen LogP) is 3.58. The van der Waals surface area contributed by atoms with Gasteiger partial charge in [-0.25, -0.2) is 9.07 Å². The average molecular weight is 352 g/mol. The first-order chi connectivity index (χ1) is 12.4. The van der Waals surface area contributed by atoms with Crippen LogP contribution in [0.4, 0.5) is 10.1 Å². The monoisotopic (exact) mass is 352 g/mol. The number of primary amides is 1. The van der Waals surface area contributed by atoms with Gasteiger partial charge in [-0.15, -0.1) is 0 Å². The summed E-state index contributed by atoms with van der Waals surface area (Å²) in [5.74, 6) is -0.911. The van der Waals surface area contributed by atoms with Crippen molar-refractivity contribution in [3.05, 3.63) is 76.9 Å². The summed E-state index contributed by atoms with van der Waals surface area (Å²) in [6.45, 7) is 5.96. The number of rotatable bonds is 5. The Bertz CT molecular complexity index is 947. The molecule has 0 aliphatic carbocycles. The smallest absolute Gasteiger partial charge is 0.244 e. The molecule has 6 heteroatoms. The van der Waals surface area contributed by atoms with Gasteiger partial charge in [-0.2, -0.15) is 5.10 Å². The van der Waals surface area contributed by atoms with Crippen LogP contribution in [-0.4, -0.2) is 15.7 Å². The van der Waals surface area contributed by atoms with Crippen molar-refractivity contribution in [1.29, 1.82) is 0 Å². The van der Waals surface area contributed by atoms with E-state index in [4.69, 9.17) is 5.73 Å². The van der Waals surface area contributed by atoms with E-state index in [0.717, 1.165) is 22.5 Å². The number of nitrogens with two attached hydrogens (primary N) is 1. The quantitative estimate of drug-likeness (QED) is 0.737. The summed E-state index contributed by atoms with van der Waals surface area (Å²) in [6, 6.07) is 11.1. The molecule has 0 spiro atoms. The van der Waals surface area contributed by atoms with Crippen LogP contribution in [0, 0.1) is 26.6 Å². The molecular formula is C20H21FN4O. The number of carbonyl (C=O) groups is 1. The zero-order valence-electron chi connectivity index (χ0n) is 15.0. The van der Waals surface area contributed by atoms with E-state index in [1.807, 2.05) is 31.5 Å². The maximum atomic E-state index is 13.2. The molecule has 0 radical (unpaired) electrons. The number of carbonyl (C=O) groups excluding carboxylic acids is 1. The summed E-state index contributed by atoms with van der Waals surface area (Å²) in [4.78, 5) is 11.9.